The maximum absolute atomic E-state index is 10.8. The molecule has 0 radical (unpaired) electrons. The molecule has 0 aliphatic rings. The lowest BCUT2D eigenvalue weighted by atomic mass is 9.87. The minimum Gasteiger partial charge on any atom is -0.396 e. The minimum atomic E-state index is -2.89. The first-order chi connectivity index (χ1) is 5.83. The second-order valence-electron chi connectivity index (χ2n) is 3.91. The predicted octanol–water partition coefficient (Wildman–Crippen LogP) is -0.231. The highest BCUT2D eigenvalue weighted by atomic mass is 32.2. The van der Waals surface area contributed by atoms with Crippen LogP contribution in [0.1, 0.15) is 19.8 Å². The van der Waals surface area contributed by atoms with Crippen LogP contribution >= 0.6 is 0 Å². The first-order valence-electron chi connectivity index (χ1n) is 4.32. The van der Waals surface area contributed by atoms with Gasteiger partial charge in [-0.15, -0.1) is 0 Å². The molecule has 3 N–H and O–H groups in total. The van der Waals surface area contributed by atoms with Gasteiger partial charge in [-0.2, -0.15) is 0 Å². The molecule has 1 atom stereocenters. The van der Waals surface area contributed by atoms with Gasteiger partial charge >= 0.3 is 0 Å². The normalized spacial score (nSPS) is 16.9. The third-order valence-corrected chi connectivity index (χ3v) is 3.20. The molecule has 0 aliphatic carbocycles. The summed E-state index contributed by atoms with van der Waals surface area (Å²) in [5.41, 5.74) is 5.13. The molecular weight excluding hydrogens is 190 g/mol. The van der Waals surface area contributed by atoms with Gasteiger partial charge in [0.05, 0.1) is 0 Å². The highest BCUT2D eigenvalue weighted by Gasteiger charge is 2.21. The number of sulfone groups is 1. The molecule has 5 heteroatoms. The topological polar surface area (TPSA) is 80.4 Å². The maximum Gasteiger partial charge on any atom is 0.147 e. The summed E-state index contributed by atoms with van der Waals surface area (Å²) in [6, 6.07) is 0. The largest absolute Gasteiger partial charge is 0.396 e. The van der Waals surface area contributed by atoms with E-state index in [1.807, 2.05) is 6.92 Å². The van der Waals surface area contributed by atoms with E-state index >= 15 is 0 Å². The number of hydrogen-bond donors (Lipinski definition) is 2. The predicted molar refractivity (Wildman–Crippen MR) is 53.2 cm³/mol. The molecule has 0 rings (SSSR count). The van der Waals surface area contributed by atoms with E-state index in [2.05, 4.69) is 0 Å². The summed E-state index contributed by atoms with van der Waals surface area (Å²) in [4.78, 5) is 0. The van der Waals surface area contributed by atoms with Crippen LogP contribution in [0.3, 0.4) is 0 Å². The summed E-state index contributed by atoms with van der Waals surface area (Å²) < 4.78 is 21.6. The van der Waals surface area contributed by atoms with Gasteiger partial charge in [0, 0.05) is 24.0 Å². The molecule has 80 valence electrons. The second kappa shape index (κ2) is 4.93. The van der Waals surface area contributed by atoms with Gasteiger partial charge in [0.15, 0.2) is 0 Å². The van der Waals surface area contributed by atoms with Crippen molar-refractivity contribution in [3.8, 4) is 0 Å². The standard InChI is InChI=1S/C8H19NO3S/c1-8(6-9,7-10)4-3-5-13(2,11)12/h10H,3-7,9H2,1-2H3. The molecule has 13 heavy (non-hydrogen) atoms. The van der Waals surface area contributed by atoms with Gasteiger partial charge < -0.3 is 10.8 Å². The number of aliphatic hydroxyl groups excluding tert-OH is 1. The van der Waals surface area contributed by atoms with Crippen LogP contribution in [0.25, 0.3) is 0 Å². The molecular formula is C8H19NO3S. The zero-order valence-electron chi connectivity index (χ0n) is 8.28. The van der Waals surface area contributed by atoms with E-state index in [0.717, 1.165) is 0 Å². The van der Waals surface area contributed by atoms with Crippen LogP contribution in [0, 0.1) is 5.41 Å². The zero-order valence-corrected chi connectivity index (χ0v) is 9.10. The molecule has 0 aromatic carbocycles. The average molecular weight is 209 g/mol. The van der Waals surface area contributed by atoms with Crippen LogP contribution in [0.2, 0.25) is 0 Å². The van der Waals surface area contributed by atoms with E-state index in [1.54, 1.807) is 0 Å². The van der Waals surface area contributed by atoms with Crippen LogP contribution in [-0.2, 0) is 9.84 Å². The van der Waals surface area contributed by atoms with E-state index in [1.165, 1.54) is 6.26 Å². The minimum absolute atomic E-state index is 0.00720. The molecule has 1 unspecified atom stereocenters. The summed E-state index contributed by atoms with van der Waals surface area (Å²) in [5, 5.41) is 8.99. The van der Waals surface area contributed by atoms with Gasteiger partial charge in [0.25, 0.3) is 0 Å². The monoisotopic (exact) mass is 209 g/mol. The van der Waals surface area contributed by atoms with E-state index in [9.17, 15) is 8.42 Å². The summed E-state index contributed by atoms with van der Waals surface area (Å²) >= 11 is 0. The Bertz CT molecular complexity index is 232. The first kappa shape index (κ1) is 12.9. The number of rotatable bonds is 6. The number of hydrogen-bond acceptors (Lipinski definition) is 4. The number of aliphatic hydroxyl groups is 1. The molecule has 0 saturated carbocycles. The van der Waals surface area contributed by atoms with Crippen LogP contribution in [0.5, 0.6) is 0 Å². The molecule has 4 nitrogen and oxygen atoms in total. The average Bonchev–Trinajstić information content (AvgIpc) is 2.02. The Morgan fingerprint density at radius 1 is 1.46 bits per heavy atom. The highest BCUT2D eigenvalue weighted by Crippen LogP contribution is 2.20. The Kier molecular flexibility index (Phi) is 4.88. The molecule has 0 aromatic rings. The van der Waals surface area contributed by atoms with Crippen molar-refractivity contribution in [3.05, 3.63) is 0 Å². The Labute approximate surface area is 80.1 Å². The van der Waals surface area contributed by atoms with Gasteiger partial charge in [0.1, 0.15) is 9.84 Å². The first-order valence-corrected chi connectivity index (χ1v) is 6.38. The molecule has 0 bridgehead atoms. The quantitative estimate of drug-likeness (QED) is 0.633. The second-order valence-corrected chi connectivity index (χ2v) is 6.17. The lowest BCUT2D eigenvalue weighted by Crippen LogP contribution is -2.31. The Balaban J connectivity index is 3.88. The number of nitrogens with two attached hydrogens (primary N) is 1. The Morgan fingerprint density at radius 2 is 2.00 bits per heavy atom. The lowest BCUT2D eigenvalue weighted by molar-refractivity contribution is 0.139. The SMILES string of the molecule is CC(CN)(CO)CCCS(C)(=O)=O. The zero-order chi connectivity index (χ0) is 10.5. The van der Waals surface area contributed by atoms with Gasteiger partial charge in [-0.25, -0.2) is 8.42 Å². The Morgan fingerprint density at radius 3 is 2.31 bits per heavy atom. The fraction of sp³-hybridized carbons (Fsp3) is 1.00. The fourth-order valence-corrected chi connectivity index (χ4v) is 1.68. The Hall–Kier alpha value is -0.130. The molecule has 0 fully saturated rings. The summed E-state index contributed by atoms with van der Waals surface area (Å²) in [7, 11) is -2.89. The molecule has 0 spiro atoms. The summed E-state index contributed by atoms with van der Waals surface area (Å²) in [6.45, 7) is 2.25. The van der Waals surface area contributed by atoms with Crippen LogP contribution < -0.4 is 5.73 Å². The molecule has 0 heterocycles. The highest BCUT2D eigenvalue weighted by molar-refractivity contribution is 7.90. The maximum atomic E-state index is 10.8. The van der Waals surface area contributed by atoms with E-state index < -0.39 is 9.84 Å². The molecule has 0 amide bonds. The van der Waals surface area contributed by atoms with Gasteiger partial charge in [0.2, 0.25) is 0 Å². The van der Waals surface area contributed by atoms with E-state index in [-0.39, 0.29) is 17.8 Å². The van der Waals surface area contributed by atoms with Crippen LogP contribution in [0.4, 0.5) is 0 Å². The lowest BCUT2D eigenvalue weighted by Gasteiger charge is -2.24. The van der Waals surface area contributed by atoms with Crippen molar-refractivity contribution >= 4 is 9.84 Å². The van der Waals surface area contributed by atoms with Crippen LogP contribution in [0.15, 0.2) is 0 Å². The van der Waals surface area contributed by atoms with Crippen molar-refractivity contribution in [2.75, 3.05) is 25.2 Å². The van der Waals surface area contributed by atoms with Crippen molar-refractivity contribution in [3.63, 3.8) is 0 Å². The summed E-state index contributed by atoms with van der Waals surface area (Å²) in [5.74, 6) is 0.169. The molecule has 0 aliphatic heterocycles. The van der Waals surface area contributed by atoms with Crippen molar-refractivity contribution in [1.29, 1.82) is 0 Å². The fourth-order valence-electron chi connectivity index (χ4n) is 1.01. The van der Waals surface area contributed by atoms with Crippen molar-refractivity contribution in [1.82, 2.24) is 0 Å². The van der Waals surface area contributed by atoms with E-state index in [0.29, 0.717) is 19.4 Å². The van der Waals surface area contributed by atoms with E-state index in [4.69, 9.17) is 10.8 Å². The summed E-state index contributed by atoms with van der Waals surface area (Å²) in [6.07, 6.45) is 2.42. The van der Waals surface area contributed by atoms with Gasteiger partial charge in [-0.1, -0.05) is 6.92 Å². The third-order valence-electron chi connectivity index (χ3n) is 2.17. The van der Waals surface area contributed by atoms with Gasteiger partial charge in [-0.05, 0) is 19.4 Å². The molecule has 0 saturated heterocycles. The van der Waals surface area contributed by atoms with Crippen molar-refractivity contribution in [2.45, 2.75) is 19.8 Å². The molecule has 0 aromatic heterocycles. The van der Waals surface area contributed by atoms with Crippen molar-refractivity contribution < 1.29 is 13.5 Å². The smallest absolute Gasteiger partial charge is 0.147 e. The van der Waals surface area contributed by atoms with Gasteiger partial charge in [-0.3, -0.25) is 0 Å². The van der Waals surface area contributed by atoms with Crippen LogP contribution in [-0.4, -0.2) is 38.7 Å². The van der Waals surface area contributed by atoms with Crippen molar-refractivity contribution in [2.24, 2.45) is 11.1 Å². The third kappa shape index (κ3) is 6.01.